The van der Waals surface area contributed by atoms with Gasteiger partial charge in [-0.15, -0.1) is 0 Å². The summed E-state index contributed by atoms with van der Waals surface area (Å²) < 4.78 is 31.6. The van der Waals surface area contributed by atoms with Crippen molar-refractivity contribution in [1.29, 1.82) is 0 Å². The zero-order valence-corrected chi connectivity index (χ0v) is 13.8. The van der Waals surface area contributed by atoms with Crippen molar-refractivity contribution < 1.29 is 28.4 Å². The second kappa shape index (κ2) is 17.8. The summed E-state index contributed by atoms with van der Waals surface area (Å²) in [5, 5.41) is 0. The van der Waals surface area contributed by atoms with E-state index in [9.17, 15) is 0 Å². The molecule has 0 unspecified atom stereocenters. The largest absolute Gasteiger partial charge is 0.382 e. The molecule has 0 aromatic heterocycles. The Morgan fingerprint density at radius 3 is 1.33 bits per heavy atom. The molecule has 0 atom stereocenters. The van der Waals surface area contributed by atoms with Gasteiger partial charge < -0.3 is 28.4 Å². The lowest BCUT2D eigenvalue weighted by Gasteiger charge is -2.15. The zero-order chi connectivity index (χ0) is 15.6. The summed E-state index contributed by atoms with van der Waals surface area (Å²) in [6.45, 7) is 8.45. The van der Waals surface area contributed by atoms with Crippen LogP contribution in [0.3, 0.4) is 0 Å². The van der Waals surface area contributed by atoms with Gasteiger partial charge in [-0.2, -0.15) is 0 Å². The van der Waals surface area contributed by atoms with Crippen molar-refractivity contribution in [2.24, 2.45) is 5.92 Å². The van der Waals surface area contributed by atoms with E-state index < -0.39 is 0 Å². The fourth-order valence-electron chi connectivity index (χ4n) is 1.51. The molecular weight excluding hydrogens is 276 g/mol. The smallest absolute Gasteiger partial charge is 0.0701 e. The van der Waals surface area contributed by atoms with E-state index in [2.05, 4.69) is 6.92 Å². The highest BCUT2D eigenvalue weighted by Gasteiger charge is 2.06. The summed E-state index contributed by atoms with van der Waals surface area (Å²) in [5.41, 5.74) is 0. The third-order valence-corrected chi connectivity index (χ3v) is 2.89. The minimum atomic E-state index is 0.419. The number of methoxy groups -OCH3 is 2. The molecule has 0 aromatic carbocycles. The average molecular weight is 308 g/mol. The van der Waals surface area contributed by atoms with Crippen LogP contribution >= 0.6 is 0 Å². The highest BCUT2D eigenvalue weighted by molar-refractivity contribution is 4.54. The Labute approximate surface area is 129 Å². The van der Waals surface area contributed by atoms with Crippen molar-refractivity contribution in [3.8, 4) is 0 Å². The summed E-state index contributed by atoms with van der Waals surface area (Å²) in [4.78, 5) is 0. The molecule has 0 aliphatic carbocycles. The number of ether oxygens (including phenoxy) is 6. The fourth-order valence-corrected chi connectivity index (χ4v) is 1.51. The Morgan fingerprint density at radius 1 is 0.571 bits per heavy atom. The molecule has 0 fully saturated rings. The summed E-state index contributed by atoms with van der Waals surface area (Å²) in [6.07, 6.45) is 1.04. The highest BCUT2D eigenvalue weighted by Crippen LogP contribution is 2.04. The van der Waals surface area contributed by atoms with Gasteiger partial charge in [0.1, 0.15) is 0 Å². The van der Waals surface area contributed by atoms with E-state index in [4.69, 9.17) is 28.4 Å². The van der Waals surface area contributed by atoms with Crippen LogP contribution in [-0.2, 0) is 28.4 Å². The minimum Gasteiger partial charge on any atom is -0.382 e. The summed E-state index contributed by atoms with van der Waals surface area (Å²) in [7, 11) is 3.32. The molecule has 0 heterocycles. The van der Waals surface area contributed by atoms with Crippen molar-refractivity contribution >= 4 is 0 Å². The molecule has 6 nitrogen and oxygen atoms in total. The highest BCUT2D eigenvalue weighted by atomic mass is 16.5. The average Bonchev–Trinajstić information content (AvgIpc) is 2.51. The first kappa shape index (κ1) is 20.8. The first-order chi connectivity index (χ1) is 10.3. The Balaban J connectivity index is 3.29. The van der Waals surface area contributed by atoms with Gasteiger partial charge in [-0.3, -0.25) is 0 Å². The van der Waals surface area contributed by atoms with Crippen LogP contribution in [0.25, 0.3) is 0 Å². The molecule has 0 rings (SSSR count). The predicted molar refractivity (Wildman–Crippen MR) is 80.8 cm³/mol. The molecule has 0 spiro atoms. The van der Waals surface area contributed by atoms with Crippen LogP contribution in [0.2, 0.25) is 0 Å². The molecule has 0 aromatic rings. The fraction of sp³-hybridized carbons (Fsp3) is 1.00. The van der Waals surface area contributed by atoms with E-state index in [-0.39, 0.29) is 0 Å². The topological polar surface area (TPSA) is 55.4 Å². The van der Waals surface area contributed by atoms with Crippen molar-refractivity contribution in [2.45, 2.75) is 13.3 Å². The number of rotatable bonds is 17. The minimum absolute atomic E-state index is 0.419. The standard InChI is InChI=1S/C15H32O6/c1-4-15(13-20-11-9-18-7-5-16-2)14-21-12-10-19-8-6-17-3/h15H,4-14H2,1-3H3. The molecule has 0 saturated carbocycles. The van der Waals surface area contributed by atoms with Crippen LogP contribution in [0.4, 0.5) is 0 Å². The van der Waals surface area contributed by atoms with Crippen LogP contribution in [0, 0.1) is 5.92 Å². The molecule has 0 aliphatic heterocycles. The van der Waals surface area contributed by atoms with Gasteiger partial charge >= 0.3 is 0 Å². The lowest BCUT2D eigenvalue weighted by Crippen LogP contribution is -2.19. The Hall–Kier alpha value is -0.240. The maximum Gasteiger partial charge on any atom is 0.0701 e. The maximum absolute atomic E-state index is 5.58. The van der Waals surface area contributed by atoms with Gasteiger partial charge in [0.2, 0.25) is 0 Å². The van der Waals surface area contributed by atoms with E-state index in [0.717, 1.165) is 6.42 Å². The van der Waals surface area contributed by atoms with Gasteiger partial charge in [0.25, 0.3) is 0 Å². The lowest BCUT2D eigenvalue weighted by atomic mass is 10.1. The molecule has 6 heteroatoms. The zero-order valence-electron chi connectivity index (χ0n) is 13.8. The van der Waals surface area contributed by atoms with Crippen LogP contribution in [-0.4, -0.2) is 80.3 Å². The molecule has 128 valence electrons. The molecule has 21 heavy (non-hydrogen) atoms. The van der Waals surface area contributed by atoms with Crippen molar-refractivity contribution in [3.63, 3.8) is 0 Å². The van der Waals surface area contributed by atoms with Crippen LogP contribution in [0.15, 0.2) is 0 Å². The second-order valence-corrected chi connectivity index (χ2v) is 4.63. The molecule has 0 N–H and O–H groups in total. The summed E-state index contributed by atoms with van der Waals surface area (Å²) in [6, 6.07) is 0. The second-order valence-electron chi connectivity index (χ2n) is 4.63. The monoisotopic (exact) mass is 308 g/mol. The van der Waals surface area contributed by atoms with Gasteiger partial charge in [0.05, 0.1) is 66.1 Å². The normalized spacial score (nSPS) is 11.4. The van der Waals surface area contributed by atoms with Crippen LogP contribution in [0.5, 0.6) is 0 Å². The van der Waals surface area contributed by atoms with Crippen LogP contribution in [0.1, 0.15) is 13.3 Å². The molecular formula is C15H32O6. The molecule has 0 aliphatic rings. The summed E-state index contributed by atoms with van der Waals surface area (Å²) >= 11 is 0. The van der Waals surface area contributed by atoms with E-state index >= 15 is 0 Å². The van der Waals surface area contributed by atoms with Gasteiger partial charge in [0.15, 0.2) is 0 Å². The Morgan fingerprint density at radius 2 is 0.952 bits per heavy atom. The number of hydrogen-bond donors (Lipinski definition) is 0. The van der Waals surface area contributed by atoms with Crippen molar-refractivity contribution in [3.05, 3.63) is 0 Å². The van der Waals surface area contributed by atoms with E-state index in [1.54, 1.807) is 14.2 Å². The van der Waals surface area contributed by atoms with Crippen molar-refractivity contribution in [2.75, 3.05) is 80.3 Å². The van der Waals surface area contributed by atoms with Gasteiger partial charge in [0, 0.05) is 20.1 Å². The number of hydrogen-bond acceptors (Lipinski definition) is 6. The Kier molecular flexibility index (Phi) is 17.6. The van der Waals surface area contributed by atoms with E-state index in [0.29, 0.717) is 72.0 Å². The quantitative estimate of drug-likeness (QED) is 0.378. The first-order valence-corrected chi connectivity index (χ1v) is 7.64. The molecule has 0 saturated heterocycles. The predicted octanol–water partition coefficient (Wildman–Crippen LogP) is 1.37. The van der Waals surface area contributed by atoms with E-state index in [1.807, 2.05) is 0 Å². The lowest BCUT2D eigenvalue weighted by molar-refractivity contribution is -0.0135. The molecule has 0 radical (unpaired) electrons. The van der Waals surface area contributed by atoms with Crippen molar-refractivity contribution in [1.82, 2.24) is 0 Å². The van der Waals surface area contributed by atoms with Crippen LogP contribution < -0.4 is 0 Å². The molecule has 0 bridgehead atoms. The van der Waals surface area contributed by atoms with Gasteiger partial charge in [-0.1, -0.05) is 6.92 Å². The van der Waals surface area contributed by atoms with E-state index in [1.165, 1.54) is 0 Å². The Bertz CT molecular complexity index is 173. The maximum atomic E-state index is 5.58. The van der Waals surface area contributed by atoms with Gasteiger partial charge in [-0.25, -0.2) is 0 Å². The third-order valence-electron chi connectivity index (χ3n) is 2.89. The third kappa shape index (κ3) is 16.0. The van der Waals surface area contributed by atoms with Gasteiger partial charge in [-0.05, 0) is 6.42 Å². The SMILES string of the molecule is CCC(COCCOCCOC)COCCOCCOC. The first-order valence-electron chi connectivity index (χ1n) is 7.64. The molecule has 0 amide bonds. The summed E-state index contributed by atoms with van der Waals surface area (Å²) in [5.74, 6) is 0.419.